The lowest BCUT2D eigenvalue weighted by Gasteiger charge is -2.15. The van der Waals surface area contributed by atoms with Gasteiger partial charge >= 0.3 is 0 Å². The Morgan fingerprint density at radius 2 is 1.82 bits per heavy atom. The van der Waals surface area contributed by atoms with Gasteiger partial charge in [0, 0.05) is 11.4 Å². The van der Waals surface area contributed by atoms with Crippen molar-refractivity contribution in [2.24, 2.45) is 0 Å². The third-order valence-electron chi connectivity index (χ3n) is 2.16. The first-order valence-corrected chi connectivity index (χ1v) is 7.15. The maximum atomic E-state index is 12.7. The van der Waals surface area contributed by atoms with Crippen molar-refractivity contribution in [2.45, 2.75) is 36.6 Å². The van der Waals surface area contributed by atoms with E-state index in [0.717, 1.165) is 12.1 Å². The van der Waals surface area contributed by atoms with Crippen molar-refractivity contribution in [1.29, 1.82) is 0 Å². The number of alkyl halides is 1. The summed E-state index contributed by atoms with van der Waals surface area (Å²) >= 11 is 5.78. The van der Waals surface area contributed by atoms with Gasteiger partial charge in [-0.2, -0.15) is 0 Å². The number of halogens is 2. The minimum absolute atomic E-state index is 0.0491. The lowest BCUT2D eigenvalue weighted by atomic mass is 10.2. The quantitative estimate of drug-likeness (QED) is 0.842. The summed E-state index contributed by atoms with van der Waals surface area (Å²) in [4.78, 5) is 0.0491. The fourth-order valence-electron chi connectivity index (χ4n) is 1.48. The SMILES string of the molecule is CC(Cl)CC(C)NS(=O)(=O)c1ccc(F)cc1. The molecule has 1 aromatic carbocycles. The highest BCUT2D eigenvalue weighted by atomic mass is 35.5. The van der Waals surface area contributed by atoms with Gasteiger partial charge in [-0.3, -0.25) is 0 Å². The van der Waals surface area contributed by atoms with E-state index >= 15 is 0 Å². The Morgan fingerprint density at radius 3 is 2.29 bits per heavy atom. The second kappa shape index (κ2) is 5.80. The van der Waals surface area contributed by atoms with Gasteiger partial charge < -0.3 is 0 Å². The van der Waals surface area contributed by atoms with Gasteiger partial charge in [-0.05, 0) is 44.5 Å². The van der Waals surface area contributed by atoms with Gasteiger partial charge in [0.15, 0.2) is 0 Å². The molecule has 17 heavy (non-hydrogen) atoms. The van der Waals surface area contributed by atoms with E-state index < -0.39 is 15.8 Å². The van der Waals surface area contributed by atoms with E-state index in [2.05, 4.69) is 4.72 Å². The number of hydrogen-bond acceptors (Lipinski definition) is 2. The molecule has 0 bridgehead atoms. The molecule has 96 valence electrons. The number of nitrogens with one attached hydrogen (secondary N) is 1. The normalized spacial score (nSPS) is 15.5. The molecular formula is C11H15ClFNO2S. The van der Waals surface area contributed by atoms with Crippen molar-refractivity contribution in [2.75, 3.05) is 0 Å². The summed E-state index contributed by atoms with van der Waals surface area (Å²) in [6.07, 6.45) is 0.530. The van der Waals surface area contributed by atoms with Crippen LogP contribution in [0, 0.1) is 5.82 Å². The van der Waals surface area contributed by atoms with Gasteiger partial charge in [0.2, 0.25) is 10.0 Å². The molecule has 1 rings (SSSR count). The first-order chi connectivity index (χ1) is 7.81. The topological polar surface area (TPSA) is 46.2 Å². The average molecular weight is 280 g/mol. The molecule has 3 nitrogen and oxygen atoms in total. The summed E-state index contributed by atoms with van der Waals surface area (Å²) < 4.78 is 38.9. The van der Waals surface area contributed by atoms with E-state index in [1.54, 1.807) is 13.8 Å². The van der Waals surface area contributed by atoms with Crippen LogP contribution in [0.15, 0.2) is 29.2 Å². The van der Waals surface area contributed by atoms with Crippen LogP contribution in [0.3, 0.4) is 0 Å². The summed E-state index contributed by atoms with van der Waals surface area (Å²) in [6.45, 7) is 3.53. The van der Waals surface area contributed by atoms with E-state index in [-0.39, 0.29) is 16.3 Å². The van der Waals surface area contributed by atoms with Crippen LogP contribution in [0.1, 0.15) is 20.3 Å². The molecule has 1 N–H and O–H groups in total. The number of sulfonamides is 1. The Bertz CT molecular complexity index is 459. The molecule has 0 radical (unpaired) electrons. The molecule has 2 unspecified atom stereocenters. The predicted molar refractivity (Wildman–Crippen MR) is 66.1 cm³/mol. The third kappa shape index (κ3) is 4.61. The zero-order valence-corrected chi connectivity index (χ0v) is 11.2. The zero-order valence-electron chi connectivity index (χ0n) is 9.65. The molecule has 1 aromatic rings. The first-order valence-electron chi connectivity index (χ1n) is 5.23. The highest BCUT2D eigenvalue weighted by molar-refractivity contribution is 7.89. The molecule has 0 aliphatic carbocycles. The smallest absolute Gasteiger partial charge is 0.208 e. The molecule has 0 saturated carbocycles. The third-order valence-corrected chi connectivity index (χ3v) is 3.94. The van der Waals surface area contributed by atoms with Gasteiger partial charge in [-0.25, -0.2) is 17.5 Å². The molecule has 0 heterocycles. The Balaban J connectivity index is 2.78. The van der Waals surface area contributed by atoms with Crippen molar-refractivity contribution in [3.63, 3.8) is 0 Å². The van der Waals surface area contributed by atoms with Crippen LogP contribution >= 0.6 is 11.6 Å². The molecule has 0 fully saturated rings. The van der Waals surface area contributed by atoms with Crippen LogP contribution in [0.4, 0.5) is 4.39 Å². The van der Waals surface area contributed by atoms with Crippen LogP contribution < -0.4 is 4.72 Å². The summed E-state index contributed by atoms with van der Waals surface area (Å²) in [5.41, 5.74) is 0. The maximum Gasteiger partial charge on any atom is 0.240 e. The Kier molecular flexibility index (Phi) is 4.91. The fourth-order valence-corrected chi connectivity index (χ4v) is 3.01. The summed E-state index contributed by atoms with van der Waals surface area (Å²) in [7, 11) is -3.60. The summed E-state index contributed by atoms with van der Waals surface area (Å²) in [6, 6.07) is 4.42. The predicted octanol–water partition coefficient (Wildman–Crippen LogP) is 2.51. The molecule has 0 aliphatic rings. The molecule has 0 aromatic heterocycles. The average Bonchev–Trinajstić information content (AvgIpc) is 2.15. The first kappa shape index (κ1) is 14.4. The number of rotatable bonds is 5. The maximum absolute atomic E-state index is 12.7. The standard InChI is InChI=1S/C11H15ClFNO2S/c1-8(12)7-9(2)14-17(15,16)11-5-3-10(13)4-6-11/h3-6,8-9,14H,7H2,1-2H3. The van der Waals surface area contributed by atoms with Crippen LogP contribution in [-0.2, 0) is 10.0 Å². The van der Waals surface area contributed by atoms with Crippen molar-refractivity contribution in [3.8, 4) is 0 Å². The molecular weight excluding hydrogens is 265 g/mol. The Labute approximate surface area is 106 Å². The van der Waals surface area contributed by atoms with Crippen molar-refractivity contribution < 1.29 is 12.8 Å². The monoisotopic (exact) mass is 279 g/mol. The number of hydrogen-bond donors (Lipinski definition) is 1. The minimum Gasteiger partial charge on any atom is -0.208 e. The van der Waals surface area contributed by atoms with E-state index in [9.17, 15) is 12.8 Å². The van der Waals surface area contributed by atoms with E-state index in [0.29, 0.717) is 6.42 Å². The molecule has 6 heteroatoms. The van der Waals surface area contributed by atoms with Crippen molar-refractivity contribution in [3.05, 3.63) is 30.1 Å². The van der Waals surface area contributed by atoms with Crippen LogP contribution in [0.2, 0.25) is 0 Å². The zero-order chi connectivity index (χ0) is 13.1. The molecule has 0 amide bonds. The van der Waals surface area contributed by atoms with Crippen LogP contribution in [-0.4, -0.2) is 19.8 Å². The van der Waals surface area contributed by atoms with Crippen LogP contribution in [0.25, 0.3) is 0 Å². The molecule has 0 aliphatic heterocycles. The van der Waals surface area contributed by atoms with Crippen LogP contribution in [0.5, 0.6) is 0 Å². The Hall–Kier alpha value is -0.650. The van der Waals surface area contributed by atoms with Gasteiger partial charge in [0.1, 0.15) is 5.82 Å². The highest BCUT2D eigenvalue weighted by Gasteiger charge is 2.18. The van der Waals surface area contributed by atoms with Gasteiger partial charge in [0.25, 0.3) is 0 Å². The second-order valence-electron chi connectivity index (χ2n) is 3.99. The van der Waals surface area contributed by atoms with E-state index in [1.165, 1.54) is 12.1 Å². The van der Waals surface area contributed by atoms with Gasteiger partial charge in [-0.1, -0.05) is 0 Å². The Morgan fingerprint density at radius 1 is 1.29 bits per heavy atom. The second-order valence-corrected chi connectivity index (χ2v) is 6.45. The summed E-state index contributed by atoms with van der Waals surface area (Å²) in [5.74, 6) is -0.466. The highest BCUT2D eigenvalue weighted by Crippen LogP contribution is 2.12. The van der Waals surface area contributed by atoms with E-state index in [1.807, 2.05) is 0 Å². The van der Waals surface area contributed by atoms with Crippen molar-refractivity contribution >= 4 is 21.6 Å². The van der Waals surface area contributed by atoms with Gasteiger partial charge in [0.05, 0.1) is 4.90 Å². The lowest BCUT2D eigenvalue weighted by Crippen LogP contribution is -2.33. The largest absolute Gasteiger partial charge is 0.240 e. The minimum atomic E-state index is -3.60. The molecule has 0 saturated heterocycles. The van der Waals surface area contributed by atoms with E-state index in [4.69, 9.17) is 11.6 Å². The van der Waals surface area contributed by atoms with Crippen molar-refractivity contribution in [1.82, 2.24) is 4.72 Å². The lowest BCUT2D eigenvalue weighted by molar-refractivity contribution is 0.545. The van der Waals surface area contributed by atoms with Gasteiger partial charge in [-0.15, -0.1) is 11.6 Å². The molecule has 2 atom stereocenters. The summed E-state index contributed by atoms with van der Waals surface area (Å²) in [5, 5.41) is -0.110. The molecule has 0 spiro atoms. The number of benzene rings is 1. The fraction of sp³-hybridized carbons (Fsp3) is 0.455.